The molecule has 0 fully saturated rings. The molecule has 0 bridgehead atoms. The van der Waals surface area contributed by atoms with Gasteiger partial charge in [0.05, 0.1) is 5.66 Å². The number of hydrogen-bond donors (Lipinski definition) is 2. The fraction of sp³-hybridized carbons (Fsp3) is 0.333. The molecule has 0 unspecified atom stereocenters. The highest BCUT2D eigenvalue weighted by Crippen LogP contribution is 2.53. The lowest BCUT2D eigenvalue weighted by atomic mass is 10.1. The molecule has 2 N–H and O–H groups in total. The van der Waals surface area contributed by atoms with Gasteiger partial charge in [-0.1, -0.05) is 37.3 Å². The third-order valence-electron chi connectivity index (χ3n) is 1.98. The van der Waals surface area contributed by atoms with Crippen LogP contribution >= 0.6 is 7.60 Å². The standard InChI is InChI=1S/C9H13O3P/c1-2-9(13(10,11)12)8-6-4-3-5-7-8/h3-7,9H,2H2,1H3,(H2,10,11,12)/t9-/m0/s1. The quantitative estimate of drug-likeness (QED) is 0.736. The summed E-state index contributed by atoms with van der Waals surface area (Å²) in [6.45, 7) is 1.77. The largest absolute Gasteiger partial charge is 0.332 e. The van der Waals surface area contributed by atoms with Crippen molar-refractivity contribution in [3.05, 3.63) is 35.9 Å². The van der Waals surface area contributed by atoms with Crippen molar-refractivity contribution >= 4 is 7.60 Å². The Balaban J connectivity index is 2.99. The first-order valence-corrected chi connectivity index (χ1v) is 5.84. The van der Waals surface area contributed by atoms with Crippen molar-refractivity contribution in [2.45, 2.75) is 19.0 Å². The lowest BCUT2D eigenvalue weighted by molar-refractivity contribution is 0.357. The molecule has 0 heterocycles. The summed E-state index contributed by atoms with van der Waals surface area (Å²) in [6.07, 6.45) is 0.453. The first kappa shape index (κ1) is 10.5. The summed E-state index contributed by atoms with van der Waals surface area (Å²) >= 11 is 0. The van der Waals surface area contributed by atoms with Gasteiger partial charge in [0.1, 0.15) is 0 Å². The number of rotatable bonds is 3. The Morgan fingerprint density at radius 3 is 2.23 bits per heavy atom. The molecule has 0 aliphatic rings. The van der Waals surface area contributed by atoms with Crippen LogP contribution in [0, 0.1) is 0 Å². The van der Waals surface area contributed by atoms with Crippen molar-refractivity contribution in [2.75, 3.05) is 0 Å². The highest BCUT2D eigenvalue weighted by Gasteiger charge is 2.27. The normalized spacial score (nSPS) is 14.1. The minimum atomic E-state index is -4.00. The maximum Gasteiger partial charge on any atom is 0.332 e. The second-order valence-corrected chi connectivity index (χ2v) is 4.73. The lowest BCUT2D eigenvalue weighted by Crippen LogP contribution is -1.97. The highest BCUT2D eigenvalue weighted by atomic mass is 31.2. The number of benzene rings is 1. The third-order valence-corrected chi connectivity index (χ3v) is 3.45. The van der Waals surface area contributed by atoms with Crippen LogP contribution < -0.4 is 0 Å². The van der Waals surface area contributed by atoms with Crippen LogP contribution in [-0.2, 0) is 4.57 Å². The van der Waals surface area contributed by atoms with Crippen LogP contribution in [0.1, 0.15) is 24.6 Å². The maximum absolute atomic E-state index is 11.1. The van der Waals surface area contributed by atoms with Gasteiger partial charge in [0.15, 0.2) is 0 Å². The molecular weight excluding hydrogens is 187 g/mol. The summed E-state index contributed by atoms with van der Waals surface area (Å²) in [5.74, 6) is 0. The molecule has 0 aliphatic heterocycles. The van der Waals surface area contributed by atoms with E-state index in [9.17, 15) is 4.57 Å². The van der Waals surface area contributed by atoms with Crippen LogP contribution in [0.15, 0.2) is 30.3 Å². The van der Waals surface area contributed by atoms with E-state index in [-0.39, 0.29) is 0 Å². The predicted octanol–water partition coefficient (Wildman–Crippen LogP) is 2.32. The van der Waals surface area contributed by atoms with Crippen LogP contribution in [0.4, 0.5) is 0 Å². The molecule has 72 valence electrons. The molecule has 0 saturated carbocycles. The minimum absolute atomic E-state index is 0.453. The van der Waals surface area contributed by atoms with E-state index in [1.54, 1.807) is 31.2 Å². The Morgan fingerprint density at radius 2 is 1.85 bits per heavy atom. The molecule has 13 heavy (non-hydrogen) atoms. The molecule has 4 heteroatoms. The summed E-state index contributed by atoms with van der Waals surface area (Å²) < 4.78 is 11.1. The molecule has 3 nitrogen and oxygen atoms in total. The average molecular weight is 200 g/mol. The second-order valence-electron chi connectivity index (χ2n) is 2.92. The van der Waals surface area contributed by atoms with E-state index in [4.69, 9.17) is 9.79 Å². The number of hydrogen-bond acceptors (Lipinski definition) is 1. The van der Waals surface area contributed by atoms with E-state index < -0.39 is 13.3 Å². The molecule has 1 aromatic carbocycles. The Labute approximate surface area is 77.6 Å². The summed E-state index contributed by atoms with van der Waals surface area (Å²) in [5, 5.41) is 0. The van der Waals surface area contributed by atoms with E-state index >= 15 is 0 Å². The molecule has 1 atom stereocenters. The van der Waals surface area contributed by atoms with Gasteiger partial charge in [-0.25, -0.2) is 0 Å². The Morgan fingerprint density at radius 1 is 1.31 bits per heavy atom. The zero-order valence-electron chi connectivity index (χ0n) is 7.42. The van der Waals surface area contributed by atoms with Crippen LogP contribution in [0.3, 0.4) is 0 Å². The fourth-order valence-electron chi connectivity index (χ4n) is 1.34. The highest BCUT2D eigenvalue weighted by molar-refractivity contribution is 7.52. The van der Waals surface area contributed by atoms with E-state index in [1.807, 2.05) is 6.07 Å². The van der Waals surface area contributed by atoms with Crippen molar-refractivity contribution in [3.8, 4) is 0 Å². The van der Waals surface area contributed by atoms with Crippen molar-refractivity contribution in [2.24, 2.45) is 0 Å². The predicted molar refractivity (Wildman–Crippen MR) is 51.5 cm³/mol. The molecule has 0 spiro atoms. The molecule has 1 aromatic rings. The van der Waals surface area contributed by atoms with Crippen molar-refractivity contribution < 1.29 is 14.4 Å². The molecular formula is C9H13O3P. The summed E-state index contributed by atoms with van der Waals surface area (Å²) in [6, 6.07) is 8.89. The van der Waals surface area contributed by atoms with E-state index in [0.717, 1.165) is 0 Å². The molecule has 0 aromatic heterocycles. The topological polar surface area (TPSA) is 57.5 Å². The Kier molecular flexibility index (Phi) is 3.26. The summed E-state index contributed by atoms with van der Waals surface area (Å²) in [5.41, 5.74) is 0.0482. The van der Waals surface area contributed by atoms with Crippen LogP contribution in [0.5, 0.6) is 0 Å². The van der Waals surface area contributed by atoms with Gasteiger partial charge >= 0.3 is 7.60 Å². The maximum atomic E-state index is 11.1. The van der Waals surface area contributed by atoms with Crippen LogP contribution in [0.25, 0.3) is 0 Å². The van der Waals surface area contributed by atoms with Gasteiger partial charge in [-0.15, -0.1) is 0 Å². The van der Waals surface area contributed by atoms with E-state index in [2.05, 4.69) is 0 Å². The Bertz CT molecular complexity index is 304. The summed E-state index contributed by atoms with van der Waals surface area (Å²) in [7, 11) is -4.00. The van der Waals surface area contributed by atoms with Gasteiger partial charge in [-0.05, 0) is 12.0 Å². The van der Waals surface area contributed by atoms with Crippen molar-refractivity contribution in [1.82, 2.24) is 0 Å². The van der Waals surface area contributed by atoms with Gasteiger partial charge in [-0.3, -0.25) is 4.57 Å². The molecule has 1 rings (SSSR count). The first-order chi connectivity index (χ1) is 6.05. The molecule has 0 radical (unpaired) electrons. The van der Waals surface area contributed by atoms with Crippen LogP contribution in [0.2, 0.25) is 0 Å². The lowest BCUT2D eigenvalue weighted by Gasteiger charge is -2.16. The fourth-order valence-corrected chi connectivity index (χ4v) is 2.38. The third kappa shape index (κ3) is 2.66. The molecule has 0 aliphatic carbocycles. The van der Waals surface area contributed by atoms with Gasteiger partial charge in [0.25, 0.3) is 0 Å². The molecule has 0 amide bonds. The molecule has 0 saturated heterocycles. The average Bonchev–Trinajstić information content (AvgIpc) is 2.05. The smallest absolute Gasteiger partial charge is 0.324 e. The van der Waals surface area contributed by atoms with Gasteiger partial charge in [0, 0.05) is 0 Å². The first-order valence-electron chi connectivity index (χ1n) is 4.16. The van der Waals surface area contributed by atoms with Gasteiger partial charge < -0.3 is 9.79 Å². The van der Waals surface area contributed by atoms with Crippen LogP contribution in [-0.4, -0.2) is 9.79 Å². The van der Waals surface area contributed by atoms with E-state index in [0.29, 0.717) is 12.0 Å². The second kappa shape index (κ2) is 4.05. The van der Waals surface area contributed by atoms with Crippen molar-refractivity contribution in [3.63, 3.8) is 0 Å². The zero-order chi connectivity index (χ0) is 9.90. The zero-order valence-corrected chi connectivity index (χ0v) is 8.32. The monoisotopic (exact) mass is 200 g/mol. The Hall–Kier alpha value is -0.630. The van der Waals surface area contributed by atoms with Crippen molar-refractivity contribution in [1.29, 1.82) is 0 Å². The minimum Gasteiger partial charge on any atom is -0.324 e. The summed E-state index contributed by atoms with van der Waals surface area (Å²) in [4.78, 5) is 18.1. The van der Waals surface area contributed by atoms with E-state index in [1.165, 1.54) is 0 Å². The SMILES string of the molecule is CC[C@@H](c1ccccc1)P(=O)(O)O. The van der Waals surface area contributed by atoms with Gasteiger partial charge in [0.2, 0.25) is 0 Å². The van der Waals surface area contributed by atoms with Gasteiger partial charge in [-0.2, -0.15) is 0 Å².